The van der Waals surface area contributed by atoms with E-state index in [-0.39, 0.29) is 30.3 Å². The van der Waals surface area contributed by atoms with Gasteiger partial charge in [-0.2, -0.15) is 0 Å². The van der Waals surface area contributed by atoms with E-state index in [9.17, 15) is 14.4 Å². The van der Waals surface area contributed by atoms with E-state index in [0.717, 1.165) is 12.0 Å². The number of carbonyl (C=O) groups is 3. The number of nitrogens with one attached hydrogen (secondary N) is 2. The van der Waals surface area contributed by atoms with Crippen molar-refractivity contribution < 1.29 is 23.9 Å². The summed E-state index contributed by atoms with van der Waals surface area (Å²) in [5.41, 5.74) is 1.37. The number of alkyl carbamates (subject to hydrolysis) is 1. The molecule has 36 heavy (non-hydrogen) atoms. The fraction of sp³-hybridized carbons (Fsp3) is 0.393. The van der Waals surface area contributed by atoms with Crippen LogP contribution in [0.2, 0.25) is 0 Å². The molecule has 2 aromatic carbocycles. The van der Waals surface area contributed by atoms with Gasteiger partial charge in [0.05, 0.1) is 7.11 Å². The third kappa shape index (κ3) is 7.10. The van der Waals surface area contributed by atoms with Gasteiger partial charge in [-0.3, -0.25) is 9.59 Å². The van der Waals surface area contributed by atoms with Gasteiger partial charge in [-0.1, -0.05) is 37.8 Å². The van der Waals surface area contributed by atoms with Gasteiger partial charge < -0.3 is 25.0 Å². The molecule has 3 atom stereocenters. The topological polar surface area (TPSA) is 97.0 Å². The van der Waals surface area contributed by atoms with Crippen LogP contribution in [0, 0.1) is 5.92 Å². The van der Waals surface area contributed by atoms with E-state index in [0.29, 0.717) is 17.0 Å². The molecule has 0 heterocycles. The zero-order valence-electron chi connectivity index (χ0n) is 21.5. The Bertz CT molecular complexity index is 1110. The first-order valence-electron chi connectivity index (χ1n) is 12.0. The zero-order valence-corrected chi connectivity index (χ0v) is 21.5. The Kier molecular flexibility index (Phi) is 8.40. The molecule has 1 fully saturated rings. The van der Waals surface area contributed by atoms with Gasteiger partial charge in [0.15, 0.2) is 0 Å². The van der Waals surface area contributed by atoms with E-state index >= 15 is 0 Å². The number of benzene rings is 2. The van der Waals surface area contributed by atoms with E-state index in [2.05, 4.69) is 17.2 Å². The van der Waals surface area contributed by atoms with Gasteiger partial charge in [0.25, 0.3) is 5.91 Å². The monoisotopic (exact) mass is 493 g/mol. The van der Waals surface area contributed by atoms with Crippen molar-refractivity contribution in [3.05, 3.63) is 66.2 Å². The van der Waals surface area contributed by atoms with Gasteiger partial charge in [-0.25, -0.2) is 4.79 Å². The molecule has 0 radical (unpaired) electrons. The first-order valence-corrected chi connectivity index (χ1v) is 12.0. The molecule has 1 aliphatic carbocycles. The molecule has 0 aliphatic heterocycles. The molecule has 8 heteroatoms. The predicted octanol–water partition coefficient (Wildman–Crippen LogP) is 4.78. The maximum Gasteiger partial charge on any atom is 0.408 e. The lowest BCUT2D eigenvalue weighted by Crippen LogP contribution is -2.48. The second kappa shape index (κ2) is 11.3. The first-order chi connectivity index (χ1) is 17.0. The Labute approximate surface area is 212 Å². The number of methoxy groups -OCH3 is 1. The van der Waals surface area contributed by atoms with E-state index < -0.39 is 17.7 Å². The van der Waals surface area contributed by atoms with Crippen LogP contribution in [0.1, 0.15) is 51.3 Å². The van der Waals surface area contributed by atoms with Crippen LogP contribution in [-0.2, 0) is 14.3 Å². The Morgan fingerprint density at radius 1 is 1.17 bits per heavy atom. The van der Waals surface area contributed by atoms with Crippen molar-refractivity contribution in [3.8, 4) is 5.75 Å². The summed E-state index contributed by atoms with van der Waals surface area (Å²) in [4.78, 5) is 41.0. The summed E-state index contributed by atoms with van der Waals surface area (Å²) >= 11 is 0. The van der Waals surface area contributed by atoms with E-state index in [1.54, 1.807) is 63.1 Å². The average Bonchev–Trinajstić information content (AvgIpc) is 3.55. The van der Waals surface area contributed by atoms with Gasteiger partial charge in [0, 0.05) is 11.7 Å². The standard InChI is InChI=1S/C28H35N3O5/c1-7-19-9-8-10-20(16-19)25(26(33)30-21-11-13-22(35-6)14-12-21)31(23-15-18(23)2)24(32)17-29-27(34)36-28(3,4)5/h7-14,16,18,23,25H,1,15,17H2,2-6H3,(H,29,34)(H,30,33). The van der Waals surface area contributed by atoms with Crippen molar-refractivity contribution in [1.82, 2.24) is 10.2 Å². The Morgan fingerprint density at radius 3 is 2.39 bits per heavy atom. The highest BCUT2D eigenvalue weighted by Crippen LogP contribution is 2.40. The fourth-order valence-electron chi connectivity index (χ4n) is 3.94. The summed E-state index contributed by atoms with van der Waals surface area (Å²) in [5, 5.41) is 5.46. The molecule has 192 valence electrons. The maximum absolute atomic E-state index is 13.7. The van der Waals surface area contributed by atoms with Gasteiger partial charge in [-0.05, 0) is 74.6 Å². The minimum Gasteiger partial charge on any atom is -0.497 e. The van der Waals surface area contributed by atoms with Gasteiger partial charge in [0.1, 0.15) is 23.9 Å². The molecule has 0 saturated heterocycles. The molecule has 1 saturated carbocycles. The summed E-state index contributed by atoms with van der Waals surface area (Å²) in [6.07, 6.45) is 1.77. The third-order valence-electron chi connectivity index (χ3n) is 5.84. The quantitative estimate of drug-likeness (QED) is 0.524. The largest absolute Gasteiger partial charge is 0.497 e. The van der Waals surface area contributed by atoms with Crippen LogP contribution in [0.3, 0.4) is 0 Å². The number of hydrogen-bond acceptors (Lipinski definition) is 5. The SMILES string of the molecule is C=Cc1cccc(C(C(=O)Nc2ccc(OC)cc2)N(C(=O)CNC(=O)OC(C)(C)C)C2CC2C)c1. The normalized spacial score (nSPS) is 17.4. The summed E-state index contributed by atoms with van der Waals surface area (Å²) < 4.78 is 10.5. The number of ether oxygens (including phenoxy) is 2. The predicted molar refractivity (Wildman–Crippen MR) is 140 cm³/mol. The van der Waals surface area contributed by atoms with Gasteiger partial charge in [-0.15, -0.1) is 0 Å². The minimum absolute atomic E-state index is 0.128. The molecule has 0 aromatic heterocycles. The molecule has 3 rings (SSSR count). The molecule has 3 unspecified atom stereocenters. The second-order valence-corrected chi connectivity index (χ2v) is 9.93. The molecule has 0 bridgehead atoms. The van der Waals surface area contributed by atoms with Crippen LogP contribution >= 0.6 is 0 Å². The van der Waals surface area contributed by atoms with Crippen LogP contribution in [0.5, 0.6) is 5.75 Å². The molecule has 2 aromatic rings. The Balaban J connectivity index is 1.91. The van der Waals surface area contributed by atoms with Crippen molar-refractivity contribution in [3.63, 3.8) is 0 Å². The van der Waals surface area contributed by atoms with E-state index in [1.165, 1.54) is 0 Å². The Morgan fingerprint density at radius 2 is 1.83 bits per heavy atom. The minimum atomic E-state index is -0.908. The molecule has 3 amide bonds. The summed E-state index contributed by atoms with van der Waals surface area (Å²) in [6.45, 7) is 10.8. The molecule has 1 aliphatic rings. The number of anilines is 1. The highest BCUT2D eigenvalue weighted by molar-refractivity contribution is 5.98. The van der Waals surface area contributed by atoms with Crippen LogP contribution < -0.4 is 15.4 Å². The Hall–Kier alpha value is -3.81. The summed E-state index contributed by atoms with van der Waals surface area (Å²) in [7, 11) is 1.57. The van der Waals surface area contributed by atoms with Crippen LogP contribution in [0.25, 0.3) is 6.08 Å². The first kappa shape index (κ1) is 26.8. The maximum atomic E-state index is 13.7. The summed E-state index contributed by atoms with van der Waals surface area (Å²) in [6, 6.07) is 13.3. The highest BCUT2D eigenvalue weighted by Gasteiger charge is 2.46. The third-order valence-corrected chi connectivity index (χ3v) is 5.84. The highest BCUT2D eigenvalue weighted by atomic mass is 16.6. The summed E-state index contributed by atoms with van der Waals surface area (Å²) in [5.74, 6) is 0.176. The number of nitrogens with zero attached hydrogens (tertiary/aromatic N) is 1. The second-order valence-electron chi connectivity index (χ2n) is 9.93. The lowest BCUT2D eigenvalue weighted by Gasteiger charge is -2.32. The zero-order chi connectivity index (χ0) is 26.5. The van der Waals surface area contributed by atoms with Crippen molar-refractivity contribution in [2.45, 2.75) is 51.8 Å². The number of rotatable bonds is 9. The molecular formula is C28H35N3O5. The smallest absolute Gasteiger partial charge is 0.408 e. The lowest BCUT2D eigenvalue weighted by atomic mass is 10.0. The van der Waals surface area contributed by atoms with Crippen LogP contribution in [0.4, 0.5) is 10.5 Å². The van der Waals surface area contributed by atoms with Crippen LogP contribution in [-0.4, -0.2) is 48.1 Å². The number of amides is 3. The van der Waals surface area contributed by atoms with Crippen molar-refractivity contribution >= 4 is 29.7 Å². The lowest BCUT2D eigenvalue weighted by molar-refractivity contribution is -0.139. The van der Waals surface area contributed by atoms with Gasteiger partial charge in [0.2, 0.25) is 5.91 Å². The molecule has 8 nitrogen and oxygen atoms in total. The fourth-order valence-corrected chi connectivity index (χ4v) is 3.94. The van der Waals surface area contributed by atoms with Crippen LogP contribution in [0.15, 0.2) is 55.1 Å². The van der Waals surface area contributed by atoms with Gasteiger partial charge >= 0.3 is 6.09 Å². The number of carbonyl (C=O) groups excluding carboxylic acids is 3. The van der Waals surface area contributed by atoms with Crippen molar-refractivity contribution in [1.29, 1.82) is 0 Å². The van der Waals surface area contributed by atoms with Crippen molar-refractivity contribution in [2.24, 2.45) is 5.92 Å². The average molecular weight is 494 g/mol. The number of hydrogen-bond donors (Lipinski definition) is 2. The van der Waals surface area contributed by atoms with Crippen molar-refractivity contribution in [2.75, 3.05) is 19.0 Å². The molecule has 0 spiro atoms. The molecule has 2 N–H and O–H groups in total. The molecular weight excluding hydrogens is 458 g/mol. The van der Waals surface area contributed by atoms with E-state index in [1.807, 2.05) is 31.2 Å². The van der Waals surface area contributed by atoms with E-state index in [4.69, 9.17) is 9.47 Å².